The van der Waals surface area contributed by atoms with Crippen LogP contribution in [0.1, 0.15) is 5.56 Å². The number of halogens is 3. The molecule has 1 rings (SSSR count). The van der Waals surface area contributed by atoms with Gasteiger partial charge in [-0.15, -0.1) is 35.6 Å². The van der Waals surface area contributed by atoms with Crippen molar-refractivity contribution in [2.45, 2.75) is 11.9 Å². The highest BCUT2D eigenvalue weighted by atomic mass is 35.5. The van der Waals surface area contributed by atoms with Gasteiger partial charge >= 0.3 is 0 Å². The van der Waals surface area contributed by atoms with Crippen LogP contribution < -0.4 is 0 Å². The molecule has 0 saturated carbocycles. The highest BCUT2D eigenvalue weighted by Crippen LogP contribution is 2.10. The Morgan fingerprint density at radius 1 is 1.27 bits per heavy atom. The van der Waals surface area contributed by atoms with Crippen LogP contribution in [0.15, 0.2) is 30.3 Å². The van der Waals surface area contributed by atoms with Crippen LogP contribution in [-0.2, 0) is 6.42 Å². The van der Waals surface area contributed by atoms with E-state index in [4.69, 9.17) is 23.2 Å². The number of likely N-dealkylation sites (N-methyl/N-ethyl adjacent to an activating group) is 1. The van der Waals surface area contributed by atoms with Gasteiger partial charge in [-0.1, -0.05) is 30.3 Å². The molecule has 1 atom stereocenters. The topological polar surface area (TPSA) is 3.24 Å². The molecule has 1 unspecified atom stereocenters. The molecule has 0 aromatic heterocycles. The first-order valence-electron chi connectivity index (χ1n) is 4.68. The molecule has 4 heteroatoms. The van der Waals surface area contributed by atoms with Crippen molar-refractivity contribution in [3.63, 3.8) is 0 Å². The van der Waals surface area contributed by atoms with Crippen molar-refractivity contribution < 1.29 is 0 Å². The number of rotatable bonds is 5. The summed E-state index contributed by atoms with van der Waals surface area (Å²) in [6.45, 7) is 0.822. The molecule has 0 aliphatic heterocycles. The number of benzene rings is 1. The molecule has 86 valence electrons. The number of nitrogens with zero attached hydrogens (tertiary/aromatic N) is 1. The molecular weight excluding hydrogens is 252 g/mol. The third-order valence-corrected chi connectivity index (χ3v) is 2.82. The van der Waals surface area contributed by atoms with Crippen LogP contribution in [0.4, 0.5) is 0 Å². The van der Waals surface area contributed by atoms with Crippen LogP contribution in [0.25, 0.3) is 0 Å². The minimum atomic E-state index is 0. The van der Waals surface area contributed by atoms with E-state index in [-0.39, 0.29) is 17.9 Å². The van der Waals surface area contributed by atoms with Crippen molar-refractivity contribution >= 4 is 35.6 Å². The molecule has 0 heterocycles. The molecule has 0 fully saturated rings. The third kappa shape index (κ3) is 5.62. The Morgan fingerprint density at radius 3 is 2.40 bits per heavy atom. The van der Waals surface area contributed by atoms with Crippen LogP contribution in [0, 0.1) is 0 Å². The van der Waals surface area contributed by atoms with Crippen molar-refractivity contribution in [2.75, 3.05) is 19.5 Å². The van der Waals surface area contributed by atoms with E-state index < -0.39 is 0 Å². The summed E-state index contributed by atoms with van der Waals surface area (Å²) in [5, 5.41) is 0. The Kier molecular flexibility index (Phi) is 8.26. The van der Waals surface area contributed by atoms with E-state index in [2.05, 4.69) is 17.0 Å². The Bertz CT molecular complexity index is 253. The summed E-state index contributed by atoms with van der Waals surface area (Å²) >= 11 is 11.9. The van der Waals surface area contributed by atoms with Crippen LogP contribution in [-0.4, -0.2) is 29.9 Å². The molecule has 0 bridgehead atoms. The molecule has 0 N–H and O–H groups in total. The standard InChI is InChI=1S/C11H15Cl2N.ClH/c1-14(8-7-12)11(13)9-10-5-3-2-4-6-10;/h2-6,11H,7-9H2,1H3;1H. The van der Waals surface area contributed by atoms with Gasteiger partial charge in [0, 0.05) is 18.8 Å². The van der Waals surface area contributed by atoms with E-state index in [0.29, 0.717) is 5.88 Å². The maximum atomic E-state index is 6.21. The van der Waals surface area contributed by atoms with Crippen molar-refractivity contribution in [3.05, 3.63) is 35.9 Å². The summed E-state index contributed by atoms with van der Waals surface area (Å²) in [6.07, 6.45) is 0.857. The maximum Gasteiger partial charge on any atom is 0.0889 e. The smallest absolute Gasteiger partial charge is 0.0889 e. The summed E-state index contributed by atoms with van der Waals surface area (Å²) in [4.78, 5) is 2.06. The first kappa shape index (κ1) is 15.0. The molecule has 0 saturated heterocycles. The largest absolute Gasteiger partial charge is 0.289 e. The first-order valence-corrected chi connectivity index (χ1v) is 5.65. The average Bonchev–Trinajstić information content (AvgIpc) is 2.19. The Labute approximate surface area is 108 Å². The van der Waals surface area contributed by atoms with Gasteiger partial charge in [-0.25, -0.2) is 0 Å². The minimum Gasteiger partial charge on any atom is -0.289 e. The fraction of sp³-hybridized carbons (Fsp3) is 0.455. The van der Waals surface area contributed by atoms with E-state index in [1.165, 1.54) is 5.56 Å². The number of alkyl halides is 2. The summed E-state index contributed by atoms with van der Waals surface area (Å²) in [6, 6.07) is 10.2. The molecule has 0 amide bonds. The molecule has 0 aliphatic rings. The highest BCUT2D eigenvalue weighted by molar-refractivity contribution is 6.20. The molecule has 1 aromatic carbocycles. The second-order valence-electron chi connectivity index (χ2n) is 3.29. The fourth-order valence-electron chi connectivity index (χ4n) is 1.24. The van der Waals surface area contributed by atoms with Gasteiger partial charge in [0.05, 0.1) is 5.50 Å². The lowest BCUT2D eigenvalue weighted by Crippen LogP contribution is -2.30. The zero-order valence-electron chi connectivity index (χ0n) is 8.70. The fourth-order valence-corrected chi connectivity index (χ4v) is 1.78. The molecule has 0 spiro atoms. The van der Waals surface area contributed by atoms with E-state index in [1.807, 2.05) is 25.2 Å². The quantitative estimate of drug-likeness (QED) is 0.584. The normalized spacial score (nSPS) is 12.3. The van der Waals surface area contributed by atoms with Crippen LogP contribution in [0.3, 0.4) is 0 Å². The molecule has 15 heavy (non-hydrogen) atoms. The van der Waals surface area contributed by atoms with Gasteiger partial charge in [0.15, 0.2) is 0 Å². The Hall–Kier alpha value is 0.0500. The molecular formula is C11H16Cl3N. The lowest BCUT2D eigenvalue weighted by atomic mass is 10.1. The van der Waals surface area contributed by atoms with E-state index in [0.717, 1.165) is 13.0 Å². The van der Waals surface area contributed by atoms with Gasteiger partial charge < -0.3 is 0 Å². The average molecular weight is 269 g/mol. The van der Waals surface area contributed by atoms with E-state index in [9.17, 15) is 0 Å². The summed E-state index contributed by atoms with van der Waals surface area (Å²) in [7, 11) is 1.99. The Morgan fingerprint density at radius 2 is 1.87 bits per heavy atom. The summed E-state index contributed by atoms with van der Waals surface area (Å²) in [5.74, 6) is 0.620. The summed E-state index contributed by atoms with van der Waals surface area (Å²) in [5.41, 5.74) is 1.28. The van der Waals surface area contributed by atoms with Crippen molar-refractivity contribution in [3.8, 4) is 0 Å². The zero-order valence-corrected chi connectivity index (χ0v) is 11.0. The number of hydrogen-bond donors (Lipinski definition) is 0. The lowest BCUT2D eigenvalue weighted by Gasteiger charge is -2.21. The molecule has 1 nitrogen and oxygen atoms in total. The molecule has 1 aromatic rings. The predicted molar refractivity (Wildman–Crippen MR) is 70.4 cm³/mol. The lowest BCUT2D eigenvalue weighted by molar-refractivity contribution is 0.325. The van der Waals surface area contributed by atoms with E-state index >= 15 is 0 Å². The van der Waals surface area contributed by atoms with Crippen LogP contribution >= 0.6 is 35.6 Å². The minimum absolute atomic E-state index is 0. The number of hydrogen-bond acceptors (Lipinski definition) is 1. The highest BCUT2D eigenvalue weighted by Gasteiger charge is 2.10. The second kappa shape index (κ2) is 8.23. The first-order chi connectivity index (χ1) is 6.74. The van der Waals surface area contributed by atoms with E-state index in [1.54, 1.807) is 0 Å². The van der Waals surface area contributed by atoms with Gasteiger partial charge in [-0.05, 0) is 12.6 Å². The zero-order chi connectivity index (χ0) is 10.4. The maximum absolute atomic E-state index is 6.21. The van der Waals surface area contributed by atoms with Gasteiger partial charge in [-0.3, -0.25) is 4.90 Å². The SMILES string of the molecule is CN(CCCl)C(Cl)Cc1ccccc1.Cl. The second-order valence-corrected chi connectivity index (χ2v) is 4.18. The van der Waals surface area contributed by atoms with Gasteiger partial charge in [-0.2, -0.15) is 0 Å². The predicted octanol–water partition coefficient (Wildman–Crippen LogP) is 3.39. The van der Waals surface area contributed by atoms with Crippen molar-refractivity contribution in [1.82, 2.24) is 4.90 Å². The van der Waals surface area contributed by atoms with Crippen molar-refractivity contribution in [2.24, 2.45) is 0 Å². The third-order valence-electron chi connectivity index (χ3n) is 2.16. The van der Waals surface area contributed by atoms with Gasteiger partial charge in [0.2, 0.25) is 0 Å². The van der Waals surface area contributed by atoms with Crippen molar-refractivity contribution in [1.29, 1.82) is 0 Å². The van der Waals surface area contributed by atoms with Gasteiger partial charge in [0.25, 0.3) is 0 Å². The Balaban J connectivity index is 0.00000196. The molecule has 0 radical (unpaired) electrons. The van der Waals surface area contributed by atoms with Crippen LogP contribution in [0.2, 0.25) is 0 Å². The molecule has 0 aliphatic carbocycles. The van der Waals surface area contributed by atoms with Crippen LogP contribution in [0.5, 0.6) is 0 Å². The summed E-state index contributed by atoms with van der Waals surface area (Å²) < 4.78 is 0. The van der Waals surface area contributed by atoms with Gasteiger partial charge in [0.1, 0.15) is 0 Å². The monoisotopic (exact) mass is 267 g/mol.